The van der Waals surface area contributed by atoms with Crippen LogP contribution >= 0.6 is 0 Å². The van der Waals surface area contributed by atoms with Crippen LogP contribution in [0.3, 0.4) is 0 Å². The van der Waals surface area contributed by atoms with Crippen LogP contribution in [0.4, 0.5) is 17.1 Å². The molecule has 0 N–H and O–H groups in total. The molecule has 0 saturated heterocycles. The number of nitrogens with zero attached hydrogens (tertiary/aromatic N) is 4. The van der Waals surface area contributed by atoms with Crippen LogP contribution in [0.1, 0.15) is 90.9 Å². The van der Waals surface area contributed by atoms with E-state index in [-0.39, 0.29) is 0 Å². The van der Waals surface area contributed by atoms with E-state index in [2.05, 4.69) is 89.4 Å². The van der Waals surface area contributed by atoms with Gasteiger partial charge in [-0.25, -0.2) is 4.98 Å². The number of rotatable bonds is 21. The normalized spacial score (nSPS) is 11.0. The Labute approximate surface area is 293 Å². The minimum atomic E-state index is 0.737. The van der Waals surface area contributed by atoms with Crippen molar-refractivity contribution >= 4 is 17.1 Å². The number of anilines is 3. The maximum atomic E-state index is 6.14. The quantitative estimate of drug-likeness (QED) is 0.0733. The van der Waals surface area contributed by atoms with Crippen LogP contribution in [0, 0.1) is 0 Å². The molecule has 0 bridgehead atoms. The van der Waals surface area contributed by atoms with Gasteiger partial charge in [-0.1, -0.05) is 90.2 Å². The molecule has 6 heteroatoms. The molecule has 0 aliphatic rings. The summed E-state index contributed by atoms with van der Waals surface area (Å²) < 4.78 is 12.3. The summed E-state index contributed by atoms with van der Waals surface area (Å²) in [6.45, 7) is 5.98. The third kappa shape index (κ3) is 11.2. The smallest absolute Gasteiger partial charge is 0.119 e. The number of ether oxygens (including phenoxy) is 2. The molecule has 0 aliphatic heterocycles. The van der Waals surface area contributed by atoms with Gasteiger partial charge in [0.05, 0.1) is 41.7 Å². The van der Waals surface area contributed by atoms with E-state index in [9.17, 15) is 0 Å². The summed E-state index contributed by atoms with van der Waals surface area (Å²) in [4.78, 5) is 16.5. The van der Waals surface area contributed by atoms with Crippen LogP contribution in [0.2, 0.25) is 0 Å². The van der Waals surface area contributed by atoms with Gasteiger partial charge in [0.25, 0.3) is 0 Å². The van der Waals surface area contributed by atoms with E-state index < -0.39 is 0 Å². The molecule has 3 heterocycles. The van der Waals surface area contributed by atoms with E-state index in [4.69, 9.17) is 14.5 Å². The zero-order valence-corrected chi connectivity index (χ0v) is 29.4. The van der Waals surface area contributed by atoms with E-state index in [1.165, 1.54) is 64.2 Å². The summed E-state index contributed by atoms with van der Waals surface area (Å²) in [5.74, 6) is 1.77. The highest BCUT2D eigenvalue weighted by Crippen LogP contribution is 2.39. The molecule has 0 atom stereocenters. The Bertz CT molecular complexity index is 1510. The predicted octanol–water partition coefficient (Wildman–Crippen LogP) is 12.2. The average molecular weight is 657 g/mol. The van der Waals surface area contributed by atoms with Crippen molar-refractivity contribution in [2.24, 2.45) is 0 Å². The number of pyridine rings is 3. The van der Waals surface area contributed by atoms with Crippen molar-refractivity contribution in [2.75, 3.05) is 18.1 Å². The fourth-order valence-electron chi connectivity index (χ4n) is 5.91. The highest BCUT2D eigenvalue weighted by molar-refractivity contribution is 5.81. The summed E-state index contributed by atoms with van der Waals surface area (Å²) in [6.07, 6.45) is 18.5. The second-order valence-corrected chi connectivity index (χ2v) is 12.6. The summed E-state index contributed by atoms with van der Waals surface area (Å²) in [6, 6.07) is 32.8. The molecule has 0 aliphatic carbocycles. The lowest BCUT2D eigenvalue weighted by atomic mass is 10.1. The molecule has 0 fully saturated rings. The molecule has 256 valence electrons. The Morgan fingerprint density at radius 3 is 1.29 bits per heavy atom. The number of unbranched alkanes of at least 4 members (excludes halogenated alkanes) is 10. The lowest BCUT2D eigenvalue weighted by molar-refractivity contribution is 0.304. The standard InChI is InChI=1S/C43H52N4O2/c1-3-5-7-9-11-17-31-48-38-25-21-35(22-26-38)47(36-23-27-39(28-24-36)49-32-18-12-10-8-6-4-2)37-33-42(40-19-13-15-29-44-40)46-43(34-37)41-20-14-16-30-45-41/h13-16,19-30,33-34H,3-12,17-18,31-32H2,1-2H3. The lowest BCUT2D eigenvalue weighted by Gasteiger charge is -2.26. The summed E-state index contributed by atoms with van der Waals surface area (Å²) in [5.41, 5.74) is 6.15. The molecule has 0 spiro atoms. The van der Waals surface area contributed by atoms with Crippen LogP contribution in [-0.4, -0.2) is 28.2 Å². The van der Waals surface area contributed by atoms with Gasteiger partial charge in [-0.15, -0.1) is 0 Å². The summed E-state index contributed by atoms with van der Waals surface area (Å²) >= 11 is 0. The monoisotopic (exact) mass is 656 g/mol. The Hall–Kier alpha value is -4.71. The maximum absolute atomic E-state index is 6.14. The summed E-state index contributed by atoms with van der Waals surface area (Å²) in [7, 11) is 0. The molecule has 49 heavy (non-hydrogen) atoms. The van der Waals surface area contributed by atoms with E-state index in [0.29, 0.717) is 0 Å². The van der Waals surface area contributed by atoms with Crippen LogP contribution in [0.25, 0.3) is 22.8 Å². The second kappa shape index (κ2) is 20.0. The van der Waals surface area contributed by atoms with Gasteiger partial charge in [-0.05, 0) is 97.8 Å². The number of benzene rings is 2. The maximum Gasteiger partial charge on any atom is 0.119 e. The van der Waals surface area contributed by atoms with E-state index >= 15 is 0 Å². The number of aromatic nitrogens is 3. The van der Waals surface area contributed by atoms with E-state index in [1.807, 2.05) is 36.4 Å². The average Bonchev–Trinajstić information content (AvgIpc) is 3.16. The van der Waals surface area contributed by atoms with E-state index in [1.54, 1.807) is 12.4 Å². The lowest BCUT2D eigenvalue weighted by Crippen LogP contribution is -2.11. The van der Waals surface area contributed by atoms with Crippen LogP contribution in [-0.2, 0) is 0 Å². The van der Waals surface area contributed by atoms with Crippen LogP contribution in [0.5, 0.6) is 11.5 Å². The Morgan fingerprint density at radius 2 is 0.878 bits per heavy atom. The highest BCUT2D eigenvalue weighted by atomic mass is 16.5. The van der Waals surface area contributed by atoms with Crippen LogP contribution < -0.4 is 14.4 Å². The van der Waals surface area contributed by atoms with Crippen molar-refractivity contribution in [3.8, 4) is 34.3 Å². The SMILES string of the molecule is CCCCCCCCOc1ccc(N(c2ccc(OCCCCCCCC)cc2)c2cc(-c3ccccn3)nc(-c3ccccn3)c2)cc1. The molecule has 0 amide bonds. The number of hydrogen-bond acceptors (Lipinski definition) is 6. The zero-order valence-electron chi connectivity index (χ0n) is 29.4. The minimum Gasteiger partial charge on any atom is -0.494 e. The first-order chi connectivity index (χ1) is 24.2. The van der Waals surface area contributed by atoms with Crippen molar-refractivity contribution in [3.05, 3.63) is 109 Å². The molecular weight excluding hydrogens is 604 g/mol. The molecule has 0 unspecified atom stereocenters. The Balaban J connectivity index is 1.41. The third-order valence-corrected chi connectivity index (χ3v) is 8.65. The third-order valence-electron chi connectivity index (χ3n) is 8.65. The molecule has 0 saturated carbocycles. The van der Waals surface area contributed by atoms with E-state index in [0.717, 1.165) is 77.4 Å². The van der Waals surface area contributed by atoms with Crippen molar-refractivity contribution in [3.63, 3.8) is 0 Å². The summed E-state index contributed by atoms with van der Waals surface area (Å²) in [5, 5.41) is 0. The highest BCUT2D eigenvalue weighted by Gasteiger charge is 2.18. The molecule has 0 radical (unpaired) electrons. The van der Waals surface area contributed by atoms with Crippen LogP contribution in [0.15, 0.2) is 109 Å². The van der Waals surface area contributed by atoms with Gasteiger partial charge in [-0.3, -0.25) is 9.97 Å². The van der Waals surface area contributed by atoms with Gasteiger partial charge < -0.3 is 14.4 Å². The second-order valence-electron chi connectivity index (χ2n) is 12.6. The van der Waals surface area contributed by atoms with Crippen molar-refractivity contribution in [1.82, 2.24) is 15.0 Å². The molecule has 3 aromatic heterocycles. The predicted molar refractivity (Wildman–Crippen MR) is 203 cm³/mol. The largest absolute Gasteiger partial charge is 0.494 e. The molecule has 6 nitrogen and oxygen atoms in total. The Morgan fingerprint density at radius 1 is 0.449 bits per heavy atom. The van der Waals surface area contributed by atoms with Crippen molar-refractivity contribution < 1.29 is 9.47 Å². The first kappa shape index (κ1) is 35.6. The van der Waals surface area contributed by atoms with Gasteiger partial charge in [0.1, 0.15) is 11.5 Å². The van der Waals surface area contributed by atoms with Gasteiger partial charge in [0.15, 0.2) is 0 Å². The first-order valence-corrected chi connectivity index (χ1v) is 18.4. The molecule has 2 aromatic carbocycles. The first-order valence-electron chi connectivity index (χ1n) is 18.4. The molecule has 5 aromatic rings. The minimum absolute atomic E-state index is 0.737. The fourth-order valence-corrected chi connectivity index (χ4v) is 5.91. The Kier molecular flexibility index (Phi) is 14.5. The van der Waals surface area contributed by atoms with Crippen molar-refractivity contribution in [1.29, 1.82) is 0 Å². The fraction of sp³-hybridized carbons (Fsp3) is 0.372. The zero-order chi connectivity index (χ0) is 33.9. The number of hydrogen-bond donors (Lipinski definition) is 0. The molecular formula is C43H52N4O2. The van der Waals surface area contributed by atoms with Gasteiger partial charge in [0, 0.05) is 23.8 Å². The van der Waals surface area contributed by atoms with Gasteiger partial charge in [-0.2, -0.15) is 0 Å². The van der Waals surface area contributed by atoms with Crippen molar-refractivity contribution in [2.45, 2.75) is 90.9 Å². The van der Waals surface area contributed by atoms with Gasteiger partial charge >= 0.3 is 0 Å². The topological polar surface area (TPSA) is 60.4 Å². The molecule has 5 rings (SSSR count). The van der Waals surface area contributed by atoms with Gasteiger partial charge in [0.2, 0.25) is 0 Å².